The summed E-state index contributed by atoms with van der Waals surface area (Å²) in [5.74, 6) is 0.793. The summed E-state index contributed by atoms with van der Waals surface area (Å²) in [7, 11) is 5.75. The molecule has 114 valence electrons. The highest BCUT2D eigenvalue weighted by Gasteiger charge is 2.26. The average molecular weight is 272 g/mol. The highest BCUT2D eigenvalue weighted by molar-refractivity contribution is 5.86. The van der Waals surface area contributed by atoms with Crippen LogP contribution < -0.4 is 0 Å². The number of hydrogen-bond acceptors (Lipinski definition) is 4. The van der Waals surface area contributed by atoms with Crippen molar-refractivity contribution in [3.05, 3.63) is 0 Å². The Morgan fingerprint density at radius 1 is 1.16 bits per heavy atom. The third-order valence-corrected chi connectivity index (χ3v) is 3.32. The summed E-state index contributed by atoms with van der Waals surface area (Å²) < 4.78 is 5.23. The van der Waals surface area contributed by atoms with Gasteiger partial charge in [-0.2, -0.15) is 0 Å². The van der Waals surface area contributed by atoms with Crippen LogP contribution in [0.1, 0.15) is 34.1 Å². The van der Waals surface area contributed by atoms with Gasteiger partial charge in [0.25, 0.3) is 0 Å². The molecule has 0 spiro atoms. The molecule has 0 saturated carbocycles. The van der Waals surface area contributed by atoms with Crippen molar-refractivity contribution in [1.82, 2.24) is 9.80 Å². The van der Waals surface area contributed by atoms with Crippen LogP contribution in [0.5, 0.6) is 0 Å². The van der Waals surface area contributed by atoms with Crippen LogP contribution in [0.25, 0.3) is 0 Å². The predicted molar refractivity (Wildman–Crippen MR) is 80.5 cm³/mol. The van der Waals surface area contributed by atoms with Crippen LogP contribution in [0.15, 0.2) is 0 Å². The van der Waals surface area contributed by atoms with Crippen molar-refractivity contribution in [3.63, 3.8) is 0 Å². The zero-order valence-electron chi connectivity index (χ0n) is 13.8. The van der Waals surface area contributed by atoms with E-state index < -0.39 is 5.60 Å². The fourth-order valence-corrected chi connectivity index (χ4v) is 1.83. The summed E-state index contributed by atoms with van der Waals surface area (Å²) in [5.41, 5.74) is -0.662. The van der Waals surface area contributed by atoms with Gasteiger partial charge in [0.15, 0.2) is 5.78 Å². The molecule has 0 aromatic heterocycles. The number of hydrogen-bond donors (Lipinski definition) is 0. The molecule has 0 aliphatic rings. The number of rotatable bonds is 10. The molecule has 0 aliphatic carbocycles. The van der Waals surface area contributed by atoms with E-state index in [0.717, 1.165) is 26.2 Å². The Morgan fingerprint density at radius 3 is 2.16 bits per heavy atom. The molecule has 0 aliphatic heterocycles. The van der Waals surface area contributed by atoms with Gasteiger partial charge in [0, 0.05) is 39.7 Å². The van der Waals surface area contributed by atoms with Gasteiger partial charge in [-0.15, -0.1) is 0 Å². The molecule has 4 nitrogen and oxygen atoms in total. The first kappa shape index (κ1) is 18.6. The topological polar surface area (TPSA) is 32.8 Å². The molecule has 0 radical (unpaired) electrons. The normalized spacial score (nSPS) is 12.7. The first-order valence-corrected chi connectivity index (χ1v) is 7.14. The van der Waals surface area contributed by atoms with Gasteiger partial charge < -0.3 is 14.5 Å². The van der Waals surface area contributed by atoms with Crippen LogP contribution >= 0.6 is 0 Å². The number of nitrogens with zero attached hydrogens (tertiary/aromatic N) is 2. The lowest BCUT2D eigenvalue weighted by Crippen LogP contribution is -2.39. The maximum atomic E-state index is 12.1. The SMILES string of the molecule is COC(C)(C)C(=O)CCN(CCN(C)C)CC(C)C. The van der Waals surface area contributed by atoms with Gasteiger partial charge >= 0.3 is 0 Å². The smallest absolute Gasteiger partial charge is 0.165 e. The summed E-state index contributed by atoms with van der Waals surface area (Å²) in [6.45, 7) is 12.0. The van der Waals surface area contributed by atoms with Gasteiger partial charge in [-0.25, -0.2) is 0 Å². The van der Waals surface area contributed by atoms with Crippen molar-refractivity contribution in [2.24, 2.45) is 5.92 Å². The standard InChI is InChI=1S/C15H32N2O2/c1-13(2)12-17(11-10-16(5)6)9-8-14(18)15(3,4)19-7/h13H,8-12H2,1-7H3. The van der Waals surface area contributed by atoms with E-state index in [0.29, 0.717) is 12.3 Å². The number of likely N-dealkylation sites (N-methyl/N-ethyl adjacent to an activating group) is 1. The second kappa shape index (κ2) is 8.67. The minimum absolute atomic E-state index is 0.175. The van der Waals surface area contributed by atoms with Gasteiger partial charge in [-0.1, -0.05) is 13.8 Å². The third kappa shape index (κ3) is 8.35. The van der Waals surface area contributed by atoms with Crippen molar-refractivity contribution in [2.45, 2.75) is 39.7 Å². The summed E-state index contributed by atoms with van der Waals surface area (Å²) >= 11 is 0. The summed E-state index contributed by atoms with van der Waals surface area (Å²) in [5, 5.41) is 0. The number of carbonyl (C=O) groups is 1. The van der Waals surface area contributed by atoms with Gasteiger partial charge in [0.05, 0.1) is 0 Å². The molecule has 0 heterocycles. The lowest BCUT2D eigenvalue weighted by Gasteiger charge is -2.27. The molecule has 4 heteroatoms. The quantitative estimate of drug-likeness (QED) is 0.608. The Hall–Kier alpha value is -0.450. The van der Waals surface area contributed by atoms with E-state index in [1.807, 2.05) is 13.8 Å². The van der Waals surface area contributed by atoms with Crippen molar-refractivity contribution < 1.29 is 9.53 Å². The van der Waals surface area contributed by atoms with Crippen LogP contribution in [0.3, 0.4) is 0 Å². The zero-order chi connectivity index (χ0) is 15.1. The Kier molecular flexibility index (Phi) is 8.46. The zero-order valence-corrected chi connectivity index (χ0v) is 13.8. The molecule has 0 fully saturated rings. The monoisotopic (exact) mass is 272 g/mol. The average Bonchev–Trinajstić information content (AvgIpc) is 2.31. The van der Waals surface area contributed by atoms with Crippen LogP contribution in [-0.4, -0.2) is 68.6 Å². The lowest BCUT2D eigenvalue weighted by molar-refractivity contribution is -0.137. The Balaban J connectivity index is 4.28. The summed E-state index contributed by atoms with van der Waals surface area (Å²) in [6, 6.07) is 0. The molecule has 0 amide bonds. The molecular formula is C15H32N2O2. The van der Waals surface area contributed by atoms with Gasteiger partial charge in [0.1, 0.15) is 5.60 Å². The number of methoxy groups -OCH3 is 1. The van der Waals surface area contributed by atoms with Crippen molar-refractivity contribution in [1.29, 1.82) is 0 Å². The van der Waals surface area contributed by atoms with Crippen molar-refractivity contribution >= 4 is 5.78 Å². The minimum atomic E-state index is -0.662. The number of ether oxygens (including phenoxy) is 1. The maximum absolute atomic E-state index is 12.1. The van der Waals surface area contributed by atoms with Crippen LogP contribution in [-0.2, 0) is 9.53 Å². The summed E-state index contributed by atoms with van der Waals surface area (Å²) in [6.07, 6.45) is 0.557. The molecule has 0 atom stereocenters. The Labute approximate surface area is 119 Å². The minimum Gasteiger partial charge on any atom is -0.371 e. The number of Topliss-reactive ketones (excluding diaryl/α,β-unsaturated/α-hetero) is 1. The van der Waals surface area contributed by atoms with Crippen LogP contribution in [0.4, 0.5) is 0 Å². The lowest BCUT2D eigenvalue weighted by atomic mass is 10.0. The second-order valence-corrected chi connectivity index (χ2v) is 6.39. The van der Waals surface area contributed by atoms with Crippen LogP contribution in [0.2, 0.25) is 0 Å². The predicted octanol–water partition coefficient (Wildman–Crippen LogP) is 1.89. The first-order chi connectivity index (χ1) is 8.69. The van der Waals surface area contributed by atoms with Crippen molar-refractivity contribution in [2.75, 3.05) is 47.4 Å². The van der Waals surface area contributed by atoms with Gasteiger partial charge in [0.2, 0.25) is 0 Å². The molecule has 0 aromatic rings. The van der Waals surface area contributed by atoms with E-state index in [4.69, 9.17) is 4.74 Å². The molecular weight excluding hydrogens is 240 g/mol. The first-order valence-electron chi connectivity index (χ1n) is 7.14. The third-order valence-electron chi connectivity index (χ3n) is 3.32. The number of carbonyl (C=O) groups excluding carboxylic acids is 1. The molecule has 0 rings (SSSR count). The fraction of sp³-hybridized carbons (Fsp3) is 0.933. The highest BCUT2D eigenvalue weighted by atomic mass is 16.5. The Bertz CT molecular complexity index is 263. The van der Waals surface area contributed by atoms with E-state index >= 15 is 0 Å². The molecule has 0 bridgehead atoms. The molecule has 0 N–H and O–H groups in total. The Morgan fingerprint density at radius 2 is 1.74 bits per heavy atom. The van der Waals surface area contributed by atoms with Gasteiger partial charge in [-0.05, 0) is 33.9 Å². The van der Waals surface area contributed by atoms with E-state index in [-0.39, 0.29) is 5.78 Å². The summed E-state index contributed by atoms with van der Waals surface area (Å²) in [4.78, 5) is 16.6. The maximum Gasteiger partial charge on any atom is 0.165 e. The molecule has 0 unspecified atom stereocenters. The second-order valence-electron chi connectivity index (χ2n) is 6.39. The van der Waals surface area contributed by atoms with E-state index in [1.165, 1.54) is 0 Å². The molecule has 19 heavy (non-hydrogen) atoms. The van der Waals surface area contributed by atoms with Crippen molar-refractivity contribution in [3.8, 4) is 0 Å². The fourth-order valence-electron chi connectivity index (χ4n) is 1.83. The van der Waals surface area contributed by atoms with E-state index in [1.54, 1.807) is 7.11 Å². The van der Waals surface area contributed by atoms with Gasteiger partial charge in [-0.3, -0.25) is 4.79 Å². The van der Waals surface area contributed by atoms with E-state index in [2.05, 4.69) is 37.7 Å². The highest BCUT2D eigenvalue weighted by Crippen LogP contribution is 2.12. The number of ketones is 1. The van der Waals surface area contributed by atoms with E-state index in [9.17, 15) is 4.79 Å². The largest absolute Gasteiger partial charge is 0.371 e. The van der Waals surface area contributed by atoms with Crippen LogP contribution in [0, 0.1) is 5.92 Å². The molecule has 0 aromatic carbocycles. The molecule has 0 saturated heterocycles.